The predicted octanol–water partition coefficient (Wildman–Crippen LogP) is -7.24. The molecular weight excluding hydrogens is 864 g/mol. The molecule has 362 valence electrons. The molecule has 3 fully saturated rings. The minimum atomic E-state index is -1.85. The lowest BCUT2D eigenvalue weighted by molar-refractivity contribution is -0.313. The van der Waals surface area contributed by atoms with Crippen molar-refractivity contribution in [2.24, 2.45) is 11.5 Å². The van der Waals surface area contributed by atoms with Crippen LogP contribution in [-0.2, 0) is 66.8 Å². The average Bonchev–Trinajstić information content (AvgIpc) is 3.66. The van der Waals surface area contributed by atoms with Crippen molar-refractivity contribution in [2.45, 2.75) is 158 Å². The van der Waals surface area contributed by atoms with E-state index in [9.17, 15) is 63.6 Å². The molecule has 2 bridgehead atoms. The summed E-state index contributed by atoms with van der Waals surface area (Å²) < 4.78 is 29.6. The molecule has 0 unspecified atom stereocenters. The number of hydrogen-bond donors (Lipinski definition) is 14. The van der Waals surface area contributed by atoms with E-state index in [-0.39, 0.29) is 25.9 Å². The van der Waals surface area contributed by atoms with Crippen LogP contribution in [0.5, 0.6) is 0 Å². The molecule has 6 amide bonds. The summed E-state index contributed by atoms with van der Waals surface area (Å²) in [5.41, 5.74) is 10.8. The first-order valence-electron chi connectivity index (χ1n) is 20.1. The van der Waals surface area contributed by atoms with Gasteiger partial charge in [0, 0.05) is 20.3 Å². The van der Waals surface area contributed by atoms with Gasteiger partial charge in [-0.05, 0) is 39.5 Å². The molecule has 3 rings (SSSR count). The van der Waals surface area contributed by atoms with Crippen molar-refractivity contribution in [3.63, 3.8) is 0 Å². The summed E-state index contributed by atoms with van der Waals surface area (Å²) in [4.78, 5) is 111. The van der Waals surface area contributed by atoms with Gasteiger partial charge in [-0.25, -0.2) is 9.59 Å². The molecule has 28 heteroatoms. The van der Waals surface area contributed by atoms with Crippen LogP contribution in [0.4, 0.5) is 0 Å². The van der Waals surface area contributed by atoms with Crippen LogP contribution < -0.4 is 43.4 Å². The second-order valence-corrected chi connectivity index (χ2v) is 15.4. The normalized spacial score (nSPS) is 29.0. The van der Waals surface area contributed by atoms with E-state index in [1.54, 1.807) is 0 Å². The average molecular weight is 923 g/mol. The SMILES string of the molecule is CC(=O)N[C@H]1[C@H](O[C@H]2[C@@H](O[C@H](C)C(=O)N[C@@H](C)C(=O)N[C@H](CCC(=O)N[C@@H](CCC[C@@H](N)C(=O)O)C(=O)N[C@H](N)C(=O)O)C(=O)O)[C@@H](NC(C)=O)[C@@H]3OC[C@H]2O3)O[C@H](CO)[C@@H](O)[C@@H]1O. The molecule has 3 heterocycles. The fraction of sp³-hybridized carbons (Fsp3) is 0.750. The van der Waals surface area contributed by atoms with Crippen molar-refractivity contribution in [2.75, 3.05) is 13.2 Å². The van der Waals surface area contributed by atoms with E-state index in [1.807, 2.05) is 5.32 Å². The Morgan fingerprint density at radius 3 is 1.94 bits per heavy atom. The minimum Gasteiger partial charge on any atom is -0.480 e. The first kappa shape index (κ1) is 53.2. The Kier molecular flexibility index (Phi) is 20.1. The zero-order chi connectivity index (χ0) is 48.2. The zero-order valence-electron chi connectivity index (χ0n) is 35.2. The summed E-state index contributed by atoms with van der Waals surface area (Å²) >= 11 is 0. The van der Waals surface area contributed by atoms with E-state index in [2.05, 4.69) is 26.6 Å². The molecule has 0 aromatic carbocycles. The molecule has 64 heavy (non-hydrogen) atoms. The number of carbonyl (C=O) groups is 9. The van der Waals surface area contributed by atoms with Crippen LogP contribution in [0.3, 0.4) is 0 Å². The molecule has 3 saturated heterocycles. The number of carbonyl (C=O) groups excluding carboxylic acids is 6. The van der Waals surface area contributed by atoms with Gasteiger partial charge in [-0.3, -0.25) is 33.6 Å². The number of carboxylic acid groups (broad SMARTS) is 3. The Balaban J connectivity index is 1.69. The van der Waals surface area contributed by atoms with Crippen LogP contribution in [0.1, 0.15) is 59.8 Å². The number of aliphatic hydroxyl groups excluding tert-OH is 3. The monoisotopic (exact) mass is 922 g/mol. The van der Waals surface area contributed by atoms with Gasteiger partial charge in [0.2, 0.25) is 35.4 Å². The molecule has 16 atom stereocenters. The van der Waals surface area contributed by atoms with Crippen molar-refractivity contribution in [3.8, 4) is 0 Å². The molecule has 0 aromatic heterocycles. The van der Waals surface area contributed by atoms with Crippen LogP contribution in [0.2, 0.25) is 0 Å². The van der Waals surface area contributed by atoms with Crippen LogP contribution in [0.15, 0.2) is 0 Å². The number of ether oxygens (including phenoxy) is 5. The Bertz CT molecular complexity index is 1710. The maximum atomic E-state index is 13.5. The van der Waals surface area contributed by atoms with E-state index < -0.39 is 171 Å². The lowest BCUT2D eigenvalue weighted by atomic mass is 9.95. The molecule has 16 N–H and O–H groups in total. The Labute approximate surface area is 364 Å². The summed E-state index contributed by atoms with van der Waals surface area (Å²) in [7, 11) is 0. The number of hydrogen-bond acceptors (Lipinski definition) is 19. The number of fused-ring (bicyclic) bond motifs is 2. The van der Waals surface area contributed by atoms with E-state index in [0.29, 0.717) is 0 Å². The predicted molar refractivity (Wildman–Crippen MR) is 208 cm³/mol. The fourth-order valence-electron chi connectivity index (χ4n) is 6.87. The number of nitrogens with one attached hydrogen (secondary N) is 6. The van der Waals surface area contributed by atoms with Gasteiger partial charge < -0.3 is 97.7 Å². The van der Waals surface area contributed by atoms with Gasteiger partial charge in [0.1, 0.15) is 79.0 Å². The summed E-state index contributed by atoms with van der Waals surface area (Å²) in [5.74, 6) is -9.59. The molecule has 0 aromatic rings. The molecule has 28 nitrogen and oxygen atoms in total. The topological polar surface area (TPSA) is 445 Å². The van der Waals surface area contributed by atoms with Crippen LogP contribution in [-0.4, -0.2) is 195 Å². The summed E-state index contributed by atoms with van der Waals surface area (Å²) in [6.07, 6.45) is -15.7. The third-order valence-corrected chi connectivity index (χ3v) is 10.3. The van der Waals surface area contributed by atoms with Crippen LogP contribution in [0, 0.1) is 0 Å². The highest BCUT2D eigenvalue weighted by atomic mass is 16.8. The molecule has 3 aliphatic rings. The first-order chi connectivity index (χ1) is 29.9. The number of rotatable bonds is 24. The minimum absolute atomic E-state index is 0.0116. The van der Waals surface area contributed by atoms with Crippen molar-refractivity contribution in [1.82, 2.24) is 31.9 Å². The molecule has 3 aliphatic heterocycles. The van der Waals surface area contributed by atoms with Gasteiger partial charge in [0.15, 0.2) is 18.7 Å². The number of aliphatic hydroxyl groups is 3. The second kappa shape index (κ2) is 24.2. The van der Waals surface area contributed by atoms with Crippen LogP contribution >= 0.6 is 0 Å². The van der Waals surface area contributed by atoms with E-state index in [1.165, 1.54) is 20.8 Å². The summed E-state index contributed by atoms with van der Waals surface area (Å²) in [6.45, 7) is 3.92. The molecular formula is C36H58N8O20. The highest BCUT2D eigenvalue weighted by Gasteiger charge is 2.56. The van der Waals surface area contributed by atoms with Crippen LogP contribution in [0.25, 0.3) is 0 Å². The Morgan fingerprint density at radius 1 is 0.719 bits per heavy atom. The smallest absolute Gasteiger partial charge is 0.341 e. The fourth-order valence-corrected chi connectivity index (χ4v) is 6.87. The summed E-state index contributed by atoms with van der Waals surface area (Å²) in [5, 5.41) is 72.8. The third kappa shape index (κ3) is 15.0. The Hall–Kier alpha value is -5.17. The number of nitrogens with two attached hydrogens (primary N) is 2. The number of aliphatic carboxylic acids is 3. The van der Waals surface area contributed by atoms with Gasteiger partial charge in [0.05, 0.1) is 13.2 Å². The molecule has 0 spiro atoms. The van der Waals surface area contributed by atoms with Gasteiger partial charge in [-0.2, -0.15) is 0 Å². The van der Waals surface area contributed by atoms with Crippen molar-refractivity contribution in [1.29, 1.82) is 0 Å². The van der Waals surface area contributed by atoms with E-state index >= 15 is 0 Å². The van der Waals surface area contributed by atoms with Gasteiger partial charge >= 0.3 is 17.9 Å². The highest BCUT2D eigenvalue weighted by Crippen LogP contribution is 2.35. The molecule has 0 radical (unpaired) electrons. The first-order valence-corrected chi connectivity index (χ1v) is 20.1. The van der Waals surface area contributed by atoms with Gasteiger partial charge in [-0.15, -0.1) is 0 Å². The van der Waals surface area contributed by atoms with E-state index in [0.717, 1.165) is 6.92 Å². The number of carboxylic acids is 3. The van der Waals surface area contributed by atoms with Gasteiger partial charge in [0.25, 0.3) is 0 Å². The quantitative estimate of drug-likeness (QED) is 0.0400. The highest BCUT2D eigenvalue weighted by molar-refractivity contribution is 5.92. The van der Waals surface area contributed by atoms with Crippen molar-refractivity contribution >= 4 is 53.4 Å². The largest absolute Gasteiger partial charge is 0.480 e. The van der Waals surface area contributed by atoms with Crippen molar-refractivity contribution in [3.05, 3.63) is 0 Å². The standard InChI is InChI=1S/C36H58N8O20/c1-12(29(51)43-18(33(56)57)8-9-21(48)42-17(7-5-6-16(37)32(54)55)31(53)44-28(38)34(58)59)39-30(52)13(2)61-27-23(41-15(4)47)35-60-11-20(63-35)26(27)64-36-22(40-14(3)46)25(50)24(49)19(10-45)62-36/h12-13,16-20,22-28,35-36,45,49-50H,5-11,37-38H2,1-4H3,(H,39,52)(H,40,46)(H,41,47)(H,42,48)(H,43,51)(H,44,53)(H,54,55)(H,56,57)(H,58,59)/t12-,13+,16+,17-,18+,19+,20+,22+,23+,24+,25+,26+,27-,28-,35+,36-/m0/s1. The molecule has 0 saturated carbocycles. The maximum absolute atomic E-state index is 13.5. The van der Waals surface area contributed by atoms with E-state index in [4.69, 9.17) is 45.4 Å². The lowest BCUT2D eigenvalue weighted by Crippen LogP contribution is -2.68. The summed E-state index contributed by atoms with van der Waals surface area (Å²) in [6, 6.07) is -8.41. The number of amides is 6. The molecule has 0 aliphatic carbocycles. The maximum Gasteiger partial charge on any atom is 0.341 e. The second-order valence-electron chi connectivity index (χ2n) is 15.4. The lowest BCUT2D eigenvalue weighted by Gasteiger charge is -2.47. The van der Waals surface area contributed by atoms with Gasteiger partial charge in [-0.1, -0.05) is 0 Å². The van der Waals surface area contributed by atoms with Crippen molar-refractivity contribution < 1.29 is 97.5 Å². The Morgan fingerprint density at radius 2 is 1.36 bits per heavy atom. The third-order valence-electron chi connectivity index (χ3n) is 10.3. The zero-order valence-corrected chi connectivity index (χ0v) is 35.2.